The van der Waals surface area contributed by atoms with Crippen molar-refractivity contribution in [1.29, 1.82) is 0 Å². The van der Waals surface area contributed by atoms with Crippen molar-refractivity contribution in [3.8, 4) is 5.75 Å². The third-order valence-electron chi connectivity index (χ3n) is 7.74. The summed E-state index contributed by atoms with van der Waals surface area (Å²) in [5, 5.41) is 6.57. The average Bonchev–Trinajstić information content (AvgIpc) is 3.17. The predicted molar refractivity (Wildman–Crippen MR) is 126 cm³/mol. The van der Waals surface area contributed by atoms with Crippen LogP contribution >= 0.6 is 0 Å². The van der Waals surface area contributed by atoms with Gasteiger partial charge in [0.25, 0.3) is 0 Å². The minimum Gasteiger partial charge on any atom is -0.494 e. The molecule has 4 N–H and O–H groups in total. The number of ether oxygens (including phenoxy) is 1. The van der Waals surface area contributed by atoms with E-state index in [1.54, 1.807) is 0 Å². The Morgan fingerprint density at radius 1 is 1.18 bits per heavy atom. The maximum absolute atomic E-state index is 12.2. The van der Waals surface area contributed by atoms with Gasteiger partial charge in [0.1, 0.15) is 12.3 Å². The van der Waals surface area contributed by atoms with E-state index in [2.05, 4.69) is 15.6 Å². The second kappa shape index (κ2) is 9.71. The molecule has 4 aliphatic rings. The number of primary amides is 1. The molecule has 178 valence electrons. The molecule has 1 aromatic carbocycles. The van der Waals surface area contributed by atoms with Crippen LogP contribution in [0.25, 0.3) is 0 Å². The van der Waals surface area contributed by atoms with Crippen molar-refractivity contribution >= 4 is 23.5 Å². The van der Waals surface area contributed by atoms with Gasteiger partial charge < -0.3 is 20.7 Å². The fourth-order valence-electron chi connectivity index (χ4n) is 5.95. The first-order chi connectivity index (χ1) is 16.1. The number of carbonyl (C=O) groups is 2. The number of nitrogens with two attached hydrogens (primary N) is 1. The van der Waals surface area contributed by atoms with Crippen molar-refractivity contribution in [2.24, 2.45) is 22.6 Å². The first-order valence-electron chi connectivity index (χ1n) is 12.5. The van der Waals surface area contributed by atoms with E-state index < -0.39 is 0 Å². The van der Waals surface area contributed by atoms with Crippen molar-refractivity contribution in [2.45, 2.75) is 76.4 Å². The molecule has 0 bridgehead atoms. The Hall–Kier alpha value is -2.61. The maximum Gasteiger partial charge on any atom is 0.246 e. The van der Waals surface area contributed by atoms with Crippen molar-refractivity contribution < 1.29 is 14.3 Å². The summed E-state index contributed by atoms with van der Waals surface area (Å²) in [4.78, 5) is 30.3. The van der Waals surface area contributed by atoms with Crippen LogP contribution in [0, 0.1) is 11.8 Å². The number of rotatable bonds is 8. The lowest BCUT2D eigenvalue weighted by molar-refractivity contribution is -0.123. The number of hydrogen-bond donors (Lipinski definition) is 3. The summed E-state index contributed by atoms with van der Waals surface area (Å²) in [6.07, 6.45) is 10.1. The number of carbonyl (C=O) groups excluding carboxylic acids is 2. The van der Waals surface area contributed by atoms with Crippen LogP contribution in [0.5, 0.6) is 5.75 Å². The van der Waals surface area contributed by atoms with Gasteiger partial charge in [-0.2, -0.15) is 0 Å². The Kier molecular flexibility index (Phi) is 6.53. The number of benzene rings is 1. The zero-order valence-corrected chi connectivity index (χ0v) is 19.2. The molecule has 5 rings (SSSR count). The number of aliphatic imine (C=N–C) groups is 1. The highest BCUT2D eigenvalue weighted by atomic mass is 16.5. The largest absolute Gasteiger partial charge is 0.494 e. The van der Waals surface area contributed by atoms with Crippen molar-refractivity contribution in [3.63, 3.8) is 0 Å². The fraction of sp³-hybridized carbons (Fsp3) is 0.640. The summed E-state index contributed by atoms with van der Waals surface area (Å²) in [7, 11) is 0. The molecule has 8 nitrogen and oxygen atoms in total. The Bertz CT molecular complexity index is 933. The van der Waals surface area contributed by atoms with Gasteiger partial charge >= 0.3 is 0 Å². The summed E-state index contributed by atoms with van der Waals surface area (Å²) < 4.78 is 5.96. The zero-order valence-electron chi connectivity index (χ0n) is 19.2. The third kappa shape index (κ3) is 5.00. The smallest absolute Gasteiger partial charge is 0.246 e. The molecule has 33 heavy (non-hydrogen) atoms. The molecule has 0 aromatic heterocycles. The molecule has 3 fully saturated rings. The number of nitrogens with one attached hydrogen (secondary N) is 2. The third-order valence-corrected chi connectivity index (χ3v) is 7.74. The molecule has 2 saturated heterocycles. The van der Waals surface area contributed by atoms with Gasteiger partial charge in [-0.15, -0.1) is 0 Å². The summed E-state index contributed by atoms with van der Waals surface area (Å²) in [5.41, 5.74) is 7.74. The SMILES string of the molecule is NC(=O)C(CCCCOc1ccc2c(c1)N=C1NC(=O)CN1C2)C1CCC2CCCCC2N1. The molecule has 4 atom stereocenters. The molecule has 8 heteroatoms. The highest BCUT2D eigenvalue weighted by molar-refractivity contribution is 6.05. The van der Waals surface area contributed by atoms with Crippen molar-refractivity contribution in [3.05, 3.63) is 23.8 Å². The van der Waals surface area contributed by atoms with E-state index in [9.17, 15) is 9.59 Å². The molecule has 3 aliphatic heterocycles. The van der Waals surface area contributed by atoms with E-state index in [1.165, 1.54) is 32.1 Å². The molecule has 1 saturated carbocycles. The highest BCUT2D eigenvalue weighted by Gasteiger charge is 2.36. The zero-order chi connectivity index (χ0) is 22.8. The van der Waals surface area contributed by atoms with E-state index in [1.807, 2.05) is 23.1 Å². The number of fused-ring (bicyclic) bond motifs is 3. The van der Waals surface area contributed by atoms with Gasteiger partial charge in [-0.3, -0.25) is 14.9 Å². The number of unbranched alkanes of at least 4 members (excludes halogenated alkanes) is 1. The van der Waals surface area contributed by atoms with Crippen LogP contribution in [0.3, 0.4) is 0 Å². The van der Waals surface area contributed by atoms with Gasteiger partial charge in [0, 0.05) is 24.7 Å². The topological polar surface area (TPSA) is 109 Å². The summed E-state index contributed by atoms with van der Waals surface area (Å²) >= 11 is 0. The molecule has 0 spiro atoms. The summed E-state index contributed by atoms with van der Waals surface area (Å²) in [6.45, 7) is 1.63. The van der Waals surface area contributed by atoms with Gasteiger partial charge in [0.15, 0.2) is 0 Å². The standard InChI is InChI=1S/C25H35N5O3/c26-24(32)19(21-11-9-16-5-1-2-7-20(16)27-21)6-3-4-12-33-18-10-8-17-14-30-15-23(31)29-25(30)28-22(17)13-18/h8,10,13,16,19-21,27H,1-7,9,11-12,14-15H2,(H2,26,32)(H,28,29,31). The molecule has 2 amide bonds. The second-order valence-corrected chi connectivity index (χ2v) is 9.98. The number of guanidine groups is 1. The molecule has 3 heterocycles. The lowest BCUT2D eigenvalue weighted by atomic mass is 9.75. The van der Waals surface area contributed by atoms with E-state index in [0.29, 0.717) is 31.7 Å². The van der Waals surface area contributed by atoms with Gasteiger partial charge in [-0.1, -0.05) is 18.9 Å². The van der Waals surface area contributed by atoms with Crippen LogP contribution < -0.4 is 21.1 Å². The number of hydrogen-bond acceptors (Lipinski definition) is 6. The number of piperidine rings is 1. The minimum atomic E-state index is -0.176. The fourth-order valence-corrected chi connectivity index (χ4v) is 5.95. The monoisotopic (exact) mass is 453 g/mol. The van der Waals surface area contributed by atoms with Crippen LogP contribution in [0.2, 0.25) is 0 Å². The number of nitrogens with zero attached hydrogens (tertiary/aromatic N) is 2. The average molecular weight is 454 g/mol. The van der Waals surface area contributed by atoms with E-state index in [-0.39, 0.29) is 23.8 Å². The molecular formula is C25H35N5O3. The van der Waals surface area contributed by atoms with E-state index in [4.69, 9.17) is 10.5 Å². The van der Waals surface area contributed by atoms with Crippen LogP contribution in [-0.2, 0) is 16.1 Å². The summed E-state index contributed by atoms with van der Waals surface area (Å²) in [6, 6.07) is 6.70. The lowest BCUT2D eigenvalue weighted by Crippen LogP contribution is -2.54. The van der Waals surface area contributed by atoms with Crippen LogP contribution in [0.1, 0.15) is 63.4 Å². The lowest BCUT2D eigenvalue weighted by Gasteiger charge is -2.42. The highest BCUT2D eigenvalue weighted by Crippen LogP contribution is 2.35. The van der Waals surface area contributed by atoms with E-state index in [0.717, 1.165) is 48.6 Å². The van der Waals surface area contributed by atoms with Crippen molar-refractivity contribution in [2.75, 3.05) is 13.2 Å². The Labute approximate surface area is 195 Å². The molecule has 4 unspecified atom stereocenters. The molecule has 0 radical (unpaired) electrons. The molecule has 1 aromatic rings. The van der Waals surface area contributed by atoms with Gasteiger partial charge in [0.05, 0.1) is 18.2 Å². The Morgan fingerprint density at radius 3 is 2.94 bits per heavy atom. The number of amides is 2. The van der Waals surface area contributed by atoms with Gasteiger partial charge in [-0.05, 0) is 62.5 Å². The van der Waals surface area contributed by atoms with Gasteiger partial charge in [-0.25, -0.2) is 4.99 Å². The maximum atomic E-state index is 12.2. The first kappa shape index (κ1) is 22.2. The van der Waals surface area contributed by atoms with Crippen LogP contribution in [-0.4, -0.2) is 47.9 Å². The van der Waals surface area contributed by atoms with Crippen LogP contribution in [0.15, 0.2) is 23.2 Å². The van der Waals surface area contributed by atoms with Gasteiger partial charge in [0.2, 0.25) is 17.8 Å². The molecule has 1 aliphatic carbocycles. The first-order valence-corrected chi connectivity index (χ1v) is 12.5. The van der Waals surface area contributed by atoms with E-state index >= 15 is 0 Å². The van der Waals surface area contributed by atoms with Crippen LogP contribution in [0.4, 0.5) is 5.69 Å². The normalized spacial score (nSPS) is 27.0. The molecular weight excluding hydrogens is 418 g/mol. The Balaban J connectivity index is 1.09. The Morgan fingerprint density at radius 2 is 2.06 bits per heavy atom. The predicted octanol–water partition coefficient (Wildman–Crippen LogP) is 2.58. The van der Waals surface area contributed by atoms with Crippen molar-refractivity contribution in [1.82, 2.24) is 15.5 Å². The summed E-state index contributed by atoms with van der Waals surface area (Å²) in [5.74, 6) is 1.89. The quantitative estimate of drug-likeness (QED) is 0.524. The second-order valence-electron chi connectivity index (χ2n) is 9.98. The minimum absolute atomic E-state index is 0.0192.